The summed E-state index contributed by atoms with van der Waals surface area (Å²) in [6, 6.07) is 15.1. The Kier molecular flexibility index (Phi) is 3.93. The molecule has 6 heteroatoms. The van der Waals surface area contributed by atoms with Crippen LogP contribution in [-0.2, 0) is 0 Å². The van der Waals surface area contributed by atoms with Gasteiger partial charge in [0.15, 0.2) is 0 Å². The van der Waals surface area contributed by atoms with E-state index in [1.165, 1.54) is 0 Å². The molecule has 4 rings (SSSR count). The Morgan fingerprint density at radius 3 is 2.65 bits per heavy atom. The number of benzene rings is 1. The van der Waals surface area contributed by atoms with Gasteiger partial charge in [-0.25, -0.2) is 15.0 Å². The average Bonchev–Trinajstić information content (AvgIpc) is 2.98. The summed E-state index contributed by atoms with van der Waals surface area (Å²) in [7, 11) is 0. The van der Waals surface area contributed by atoms with Crippen molar-refractivity contribution < 1.29 is 4.79 Å². The number of aromatic nitrogens is 4. The summed E-state index contributed by atoms with van der Waals surface area (Å²) in [5.74, 6) is 0.0381. The summed E-state index contributed by atoms with van der Waals surface area (Å²) in [6.07, 6.45) is 3.58. The number of fused-ring (bicyclic) bond motifs is 1. The van der Waals surface area contributed by atoms with Crippen LogP contribution in [0.2, 0.25) is 0 Å². The molecule has 0 spiro atoms. The molecule has 26 heavy (non-hydrogen) atoms. The topological polar surface area (TPSA) is 72.2 Å². The SMILES string of the molecule is Cc1ccccc1C(=O)Nc1nccc(-c2c(C)nc3ccccn23)n1. The van der Waals surface area contributed by atoms with Crippen LogP contribution >= 0.6 is 0 Å². The van der Waals surface area contributed by atoms with Crippen molar-refractivity contribution in [1.29, 1.82) is 0 Å². The number of anilines is 1. The van der Waals surface area contributed by atoms with Gasteiger partial charge in [-0.2, -0.15) is 0 Å². The van der Waals surface area contributed by atoms with Gasteiger partial charge in [0, 0.05) is 18.0 Å². The lowest BCUT2D eigenvalue weighted by Crippen LogP contribution is -2.15. The van der Waals surface area contributed by atoms with Crippen molar-refractivity contribution in [3.8, 4) is 11.4 Å². The molecule has 6 nitrogen and oxygen atoms in total. The molecule has 3 heterocycles. The third kappa shape index (κ3) is 2.82. The Balaban J connectivity index is 1.70. The normalized spacial score (nSPS) is 10.8. The smallest absolute Gasteiger partial charge is 0.258 e. The fraction of sp³-hybridized carbons (Fsp3) is 0.100. The Bertz CT molecular complexity index is 1120. The van der Waals surface area contributed by atoms with Gasteiger partial charge in [-0.15, -0.1) is 0 Å². The number of amides is 1. The van der Waals surface area contributed by atoms with Crippen molar-refractivity contribution in [1.82, 2.24) is 19.4 Å². The van der Waals surface area contributed by atoms with Crippen LogP contribution in [0.25, 0.3) is 17.0 Å². The molecule has 0 saturated heterocycles. The molecule has 0 aliphatic carbocycles. The second kappa shape index (κ2) is 6.40. The monoisotopic (exact) mass is 343 g/mol. The Hall–Kier alpha value is -3.54. The number of hydrogen-bond acceptors (Lipinski definition) is 4. The molecular formula is C20H17N5O. The molecule has 0 aliphatic rings. The van der Waals surface area contributed by atoms with Gasteiger partial charge in [0.25, 0.3) is 5.91 Å². The van der Waals surface area contributed by atoms with Gasteiger partial charge in [0.1, 0.15) is 5.65 Å². The zero-order valence-corrected chi connectivity index (χ0v) is 14.5. The lowest BCUT2D eigenvalue weighted by atomic mass is 10.1. The van der Waals surface area contributed by atoms with Gasteiger partial charge < -0.3 is 0 Å². The molecule has 4 aromatic rings. The zero-order chi connectivity index (χ0) is 18.1. The molecular weight excluding hydrogens is 326 g/mol. The molecule has 1 N–H and O–H groups in total. The number of rotatable bonds is 3. The molecule has 0 atom stereocenters. The third-order valence-corrected chi connectivity index (χ3v) is 4.22. The first-order chi connectivity index (χ1) is 12.6. The van der Waals surface area contributed by atoms with Crippen LogP contribution in [0.4, 0.5) is 5.95 Å². The quantitative estimate of drug-likeness (QED) is 0.616. The van der Waals surface area contributed by atoms with Crippen LogP contribution in [0.3, 0.4) is 0 Å². The summed E-state index contributed by atoms with van der Waals surface area (Å²) in [6.45, 7) is 3.84. The lowest BCUT2D eigenvalue weighted by Gasteiger charge is -2.08. The molecule has 0 saturated carbocycles. The first kappa shape index (κ1) is 16.0. The predicted octanol–water partition coefficient (Wildman–Crippen LogP) is 3.66. The Morgan fingerprint density at radius 2 is 1.81 bits per heavy atom. The summed E-state index contributed by atoms with van der Waals surface area (Å²) >= 11 is 0. The van der Waals surface area contributed by atoms with E-state index in [1.54, 1.807) is 12.3 Å². The maximum atomic E-state index is 12.5. The summed E-state index contributed by atoms with van der Waals surface area (Å²) in [5.41, 5.74) is 4.81. The van der Waals surface area contributed by atoms with Crippen LogP contribution in [-0.4, -0.2) is 25.3 Å². The lowest BCUT2D eigenvalue weighted by molar-refractivity contribution is 0.102. The van der Waals surface area contributed by atoms with Gasteiger partial charge in [-0.1, -0.05) is 24.3 Å². The standard InChI is InChI=1S/C20H17N5O/c1-13-7-3-4-8-15(13)19(26)24-20-21-11-10-16(23-20)18-14(2)22-17-9-5-6-12-25(17)18/h3-12H,1-2H3,(H,21,23,24,26). The number of imidazole rings is 1. The molecule has 3 aromatic heterocycles. The first-order valence-electron chi connectivity index (χ1n) is 8.27. The van der Waals surface area contributed by atoms with E-state index in [2.05, 4.69) is 20.3 Å². The van der Waals surface area contributed by atoms with Crippen molar-refractivity contribution in [3.63, 3.8) is 0 Å². The van der Waals surface area contributed by atoms with E-state index >= 15 is 0 Å². The minimum absolute atomic E-state index is 0.227. The number of nitrogens with zero attached hydrogens (tertiary/aromatic N) is 4. The average molecular weight is 343 g/mol. The van der Waals surface area contributed by atoms with Gasteiger partial charge >= 0.3 is 0 Å². The number of nitrogens with one attached hydrogen (secondary N) is 1. The molecule has 0 radical (unpaired) electrons. The highest BCUT2D eigenvalue weighted by atomic mass is 16.1. The maximum absolute atomic E-state index is 12.5. The largest absolute Gasteiger partial charge is 0.298 e. The summed E-state index contributed by atoms with van der Waals surface area (Å²) < 4.78 is 1.98. The fourth-order valence-corrected chi connectivity index (χ4v) is 2.97. The number of aryl methyl sites for hydroxylation is 2. The highest BCUT2D eigenvalue weighted by molar-refractivity contribution is 6.04. The second-order valence-corrected chi connectivity index (χ2v) is 6.01. The molecule has 0 bridgehead atoms. The second-order valence-electron chi connectivity index (χ2n) is 6.01. The van der Waals surface area contributed by atoms with Crippen molar-refractivity contribution in [2.75, 3.05) is 5.32 Å². The van der Waals surface area contributed by atoms with Crippen LogP contribution in [0.5, 0.6) is 0 Å². The van der Waals surface area contributed by atoms with E-state index in [0.29, 0.717) is 11.3 Å². The van der Waals surface area contributed by atoms with Crippen LogP contribution in [0, 0.1) is 13.8 Å². The Morgan fingerprint density at radius 1 is 1.00 bits per heavy atom. The number of pyridine rings is 1. The summed E-state index contributed by atoms with van der Waals surface area (Å²) in [5, 5.41) is 2.78. The summed E-state index contributed by atoms with van der Waals surface area (Å²) in [4.78, 5) is 25.8. The molecule has 1 amide bonds. The highest BCUT2D eigenvalue weighted by Gasteiger charge is 2.14. The molecule has 0 aliphatic heterocycles. The van der Waals surface area contributed by atoms with E-state index < -0.39 is 0 Å². The van der Waals surface area contributed by atoms with Gasteiger partial charge in [-0.05, 0) is 43.7 Å². The van der Waals surface area contributed by atoms with Crippen LogP contribution in [0.15, 0.2) is 60.9 Å². The van der Waals surface area contributed by atoms with E-state index in [1.807, 2.05) is 66.9 Å². The third-order valence-electron chi connectivity index (χ3n) is 4.22. The van der Waals surface area contributed by atoms with Crippen molar-refractivity contribution in [2.45, 2.75) is 13.8 Å². The van der Waals surface area contributed by atoms with Crippen LogP contribution < -0.4 is 5.32 Å². The number of carbonyl (C=O) groups is 1. The van der Waals surface area contributed by atoms with Gasteiger partial charge in [0.05, 0.1) is 17.1 Å². The Labute approximate surface area is 150 Å². The predicted molar refractivity (Wildman–Crippen MR) is 100 cm³/mol. The number of hydrogen-bond donors (Lipinski definition) is 1. The minimum Gasteiger partial charge on any atom is -0.298 e. The molecule has 1 aromatic carbocycles. The number of carbonyl (C=O) groups excluding carboxylic acids is 1. The zero-order valence-electron chi connectivity index (χ0n) is 14.5. The van der Waals surface area contributed by atoms with Gasteiger partial charge in [-0.3, -0.25) is 14.5 Å². The minimum atomic E-state index is -0.227. The van der Waals surface area contributed by atoms with E-state index in [0.717, 1.165) is 22.6 Å². The van der Waals surface area contributed by atoms with Crippen molar-refractivity contribution in [2.24, 2.45) is 0 Å². The molecule has 0 fully saturated rings. The van der Waals surface area contributed by atoms with E-state index in [9.17, 15) is 4.79 Å². The van der Waals surface area contributed by atoms with Crippen molar-refractivity contribution >= 4 is 17.5 Å². The highest BCUT2D eigenvalue weighted by Crippen LogP contribution is 2.23. The maximum Gasteiger partial charge on any atom is 0.258 e. The van der Waals surface area contributed by atoms with E-state index in [-0.39, 0.29) is 11.9 Å². The van der Waals surface area contributed by atoms with Crippen molar-refractivity contribution in [3.05, 3.63) is 77.7 Å². The molecule has 0 unspecified atom stereocenters. The van der Waals surface area contributed by atoms with Crippen LogP contribution in [0.1, 0.15) is 21.6 Å². The fourth-order valence-electron chi connectivity index (χ4n) is 2.97. The molecule has 128 valence electrons. The van der Waals surface area contributed by atoms with E-state index in [4.69, 9.17) is 0 Å². The van der Waals surface area contributed by atoms with Gasteiger partial charge in [0.2, 0.25) is 5.95 Å². The first-order valence-corrected chi connectivity index (χ1v) is 8.27.